The number of benzene rings is 2. The SMILES string of the molecule is Cc1ccc([C@H]2SCCN2C(=O)Nc2cccc(Cl)c2Cl)c(C)c1. The predicted octanol–water partition coefficient (Wildman–Crippen LogP) is 5.89. The van der Waals surface area contributed by atoms with E-state index in [2.05, 4.69) is 37.4 Å². The van der Waals surface area contributed by atoms with E-state index in [9.17, 15) is 4.79 Å². The zero-order valence-electron chi connectivity index (χ0n) is 13.5. The number of nitrogens with one attached hydrogen (secondary N) is 1. The Hall–Kier alpha value is -1.36. The molecule has 1 fully saturated rings. The third-order valence-electron chi connectivity index (χ3n) is 4.04. The van der Waals surface area contributed by atoms with Crippen molar-refractivity contribution in [1.82, 2.24) is 4.90 Å². The largest absolute Gasteiger partial charge is 0.323 e. The lowest BCUT2D eigenvalue weighted by Gasteiger charge is -2.26. The van der Waals surface area contributed by atoms with Crippen LogP contribution in [-0.2, 0) is 0 Å². The molecule has 0 aliphatic carbocycles. The third-order valence-corrected chi connectivity index (χ3v) is 6.10. The van der Waals surface area contributed by atoms with E-state index in [-0.39, 0.29) is 11.4 Å². The molecule has 3 nitrogen and oxygen atoms in total. The maximum absolute atomic E-state index is 12.7. The summed E-state index contributed by atoms with van der Waals surface area (Å²) in [6.07, 6.45) is 0. The highest BCUT2D eigenvalue weighted by Crippen LogP contribution is 2.40. The number of aryl methyl sites for hydroxylation is 2. The lowest BCUT2D eigenvalue weighted by atomic mass is 10.1. The minimum atomic E-state index is -0.158. The Bertz CT molecular complexity index is 782. The number of hydrogen-bond donors (Lipinski definition) is 1. The Morgan fingerprint density at radius 1 is 1.25 bits per heavy atom. The molecule has 2 aromatic rings. The summed E-state index contributed by atoms with van der Waals surface area (Å²) in [6.45, 7) is 4.86. The highest BCUT2D eigenvalue weighted by atomic mass is 35.5. The van der Waals surface area contributed by atoms with Gasteiger partial charge in [0.05, 0.1) is 15.7 Å². The van der Waals surface area contributed by atoms with Gasteiger partial charge in [-0.1, -0.05) is 53.0 Å². The van der Waals surface area contributed by atoms with E-state index in [1.165, 1.54) is 16.7 Å². The van der Waals surface area contributed by atoms with Crippen LogP contribution in [0.5, 0.6) is 0 Å². The van der Waals surface area contributed by atoms with Gasteiger partial charge in [-0.2, -0.15) is 0 Å². The van der Waals surface area contributed by atoms with E-state index in [1.807, 2.05) is 4.90 Å². The number of urea groups is 1. The third kappa shape index (κ3) is 3.51. The van der Waals surface area contributed by atoms with Gasteiger partial charge in [0.25, 0.3) is 0 Å². The number of amides is 2. The average molecular weight is 381 g/mol. The molecular formula is C18H18Cl2N2OS. The predicted molar refractivity (Wildman–Crippen MR) is 103 cm³/mol. The van der Waals surface area contributed by atoms with Crippen LogP contribution in [0.25, 0.3) is 0 Å². The van der Waals surface area contributed by atoms with Gasteiger partial charge in [0, 0.05) is 12.3 Å². The fourth-order valence-electron chi connectivity index (χ4n) is 2.83. The van der Waals surface area contributed by atoms with Crippen LogP contribution in [-0.4, -0.2) is 23.2 Å². The molecule has 6 heteroatoms. The van der Waals surface area contributed by atoms with Gasteiger partial charge in [-0.05, 0) is 37.1 Å². The van der Waals surface area contributed by atoms with Gasteiger partial charge in [0.1, 0.15) is 5.37 Å². The van der Waals surface area contributed by atoms with Crippen molar-refractivity contribution in [2.45, 2.75) is 19.2 Å². The zero-order valence-corrected chi connectivity index (χ0v) is 15.8. The first kappa shape index (κ1) is 17.5. The number of rotatable bonds is 2. The first-order chi connectivity index (χ1) is 11.5. The minimum Gasteiger partial charge on any atom is -0.308 e. The molecule has 1 aliphatic heterocycles. The number of carbonyl (C=O) groups is 1. The van der Waals surface area contributed by atoms with Crippen molar-refractivity contribution in [3.63, 3.8) is 0 Å². The van der Waals surface area contributed by atoms with Gasteiger partial charge in [-0.15, -0.1) is 11.8 Å². The molecular weight excluding hydrogens is 363 g/mol. The van der Waals surface area contributed by atoms with Gasteiger partial charge in [-0.25, -0.2) is 4.79 Å². The molecule has 1 aliphatic rings. The van der Waals surface area contributed by atoms with Crippen molar-refractivity contribution >= 4 is 46.7 Å². The van der Waals surface area contributed by atoms with Crippen molar-refractivity contribution < 1.29 is 4.79 Å². The summed E-state index contributed by atoms with van der Waals surface area (Å²) in [5, 5.41) is 3.69. The van der Waals surface area contributed by atoms with Crippen LogP contribution in [0.1, 0.15) is 22.1 Å². The summed E-state index contributed by atoms with van der Waals surface area (Å²) in [5.41, 5.74) is 4.13. The Balaban J connectivity index is 1.82. The normalized spacial score (nSPS) is 17.2. The molecule has 0 bridgehead atoms. The van der Waals surface area contributed by atoms with Crippen molar-refractivity contribution in [2.75, 3.05) is 17.6 Å². The van der Waals surface area contributed by atoms with Crippen molar-refractivity contribution in [1.29, 1.82) is 0 Å². The van der Waals surface area contributed by atoms with Crippen molar-refractivity contribution in [2.24, 2.45) is 0 Å². The Kier molecular flexibility index (Phi) is 5.28. The highest BCUT2D eigenvalue weighted by Gasteiger charge is 2.31. The topological polar surface area (TPSA) is 32.3 Å². The molecule has 0 unspecified atom stereocenters. The van der Waals surface area contributed by atoms with Crippen LogP contribution in [0, 0.1) is 13.8 Å². The standard InChI is InChI=1S/C18H18Cl2N2OS/c1-11-6-7-13(12(2)10-11)17-22(8-9-24-17)18(23)21-15-5-3-4-14(19)16(15)20/h3-7,10,17H,8-9H2,1-2H3,(H,21,23)/t17-/m1/s1. The minimum absolute atomic E-state index is 0.0172. The van der Waals surface area contributed by atoms with Crippen molar-refractivity contribution in [3.05, 3.63) is 63.1 Å². The van der Waals surface area contributed by atoms with Crippen LogP contribution in [0.3, 0.4) is 0 Å². The Morgan fingerprint density at radius 2 is 2.04 bits per heavy atom. The van der Waals surface area contributed by atoms with Gasteiger partial charge >= 0.3 is 6.03 Å². The van der Waals surface area contributed by atoms with E-state index < -0.39 is 0 Å². The van der Waals surface area contributed by atoms with Crippen LogP contribution in [0.15, 0.2) is 36.4 Å². The molecule has 3 rings (SSSR count). The van der Waals surface area contributed by atoms with Crippen LogP contribution < -0.4 is 5.32 Å². The van der Waals surface area contributed by atoms with E-state index in [0.29, 0.717) is 22.3 Å². The van der Waals surface area contributed by atoms with Crippen LogP contribution in [0.4, 0.5) is 10.5 Å². The van der Waals surface area contributed by atoms with Gasteiger partial charge in [0.15, 0.2) is 0 Å². The average Bonchev–Trinajstić information content (AvgIpc) is 3.01. The molecule has 126 valence electrons. The number of hydrogen-bond acceptors (Lipinski definition) is 2. The van der Waals surface area contributed by atoms with E-state index in [1.54, 1.807) is 30.0 Å². The number of nitrogens with zero attached hydrogens (tertiary/aromatic N) is 1. The number of carbonyl (C=O) groups excluding carboxylic acids is 1. The van der Waals surface area contributed by atoms with Gasteiger partial charge < -0.3 is 10.2 Å². The summed E-state index contributed by atoms with van der Waals surface area (Å²) in [5.74, 6) is 0.911. The summed E-state index contributed by atoms with van der Waals surface area (Å²) in [7, 11) is 0. The van der Waals surface area contributed by atoms with Crippen LogP contribution >= 0.6 is 35.0 Å². The van der Waals surface area contributed by atoms with Gasteiger partial charge in [-0.3, -0.25) is 0 Å². The number of thioether (sulfide) groups is 1. The van der Waals surface area contributed by atoms with Crippen LogP contribution in [0.2, 0.25) is 10.0 Å². The van der Waals surface area contributed by atoms with E-state index in [4.69, 9.17) is 23.2 Å². The number of halogens is 2. The molecule has 0 saturated carbocycles. The summed E-state index contributed by atoms with van der Waals surface area (Å²) in [6, 6.07) is 11.4. The molecule has 2 aromatic carbocycles. The monoisotopic (exact) mass is 380 g/mol. The molecule has 0 spiro atoms. The van der Waals surface area contributed by atoms with E-state index in [0.717, 1.165) is 5.75 Å². The van der Waals surface area contributed by atoms with E-state index >= 15 is 0 Å². The molecule has 1 saturated heterocycles. The maximum atomic E-state index is 12.7. The molecule has 24 heavy (non-hydrogen) atoms. The Morgan fingerprint density at radius 3 is 2.79 bits per heavy atom. The smallest absolute Gasteiger partial charge is 0.308 e. The fraction of sp³-hybridized carbons (Fsp3) is 0.278. The molecule has 0 aromatic heterocycles. The molecule has 1 N–H and O–H groups in total. The molecule has 1 heterocycles. The second kappa shape index (κ2) is 7.26. The summed E-state index contributed by atoms with van der Waals surface area (Å²) < 4.78 is 0. The first-order valence-electron chi connectivity index (χ1n) is 7.68. The lowest BCUT2D eigenvalue weighted by Crippen LogP contribution is -2.34. The maximum Gasteiger partial charge on any atom is 0.323 e. The second-order valence-electron chi connectivity index (χ2n) is 5.81. The zero-order chi connectivity index (χ0) is 17.3. The fourth-order valence-corrected chi connectivity index (χ4v) is 4.52. The number of anilines is 1. The summed E-state index contributed by atoms with van der Waals surface area (Å²) >= 11 is 14.0. The molecule has 2 amide bonds. The lowest BCUT2D eigenvalue weighted by molar-refractivity contribution is 0.214. The molecule has 1 atom stereocenters. The van der Waals surface area contributed by atoms with Crippen molar-refractivity contribution in [3.8, 4) is 0 Å². The quantitative estimate of drug-likeness (QED) is 0.704. The highest BCUT2D eigenvalue weighted by molar-refractivity contribution is 7.99. The second-order valence-corrected chi connectivity index (χ2v) is 7.78. The Labute approximate surface area is 156 Å². The van der Waals surface area contributed by atoms with Gasteiger partial charge in [0.2, 0.25) is 0 Å². The first-order valence-corrected chi connectivity index (χ1v) is 9.48. The summed E-state index contributed by atoms with van der Waals surface area (Å²) in [4.78, 5) is 14.6. The molecule has 0 radical (unpaired) electrons.